The first-order chi connectivity index (χ1) is 12.2. The van der Waals surface area contributed by atoms with Crippen LogP contribution in [0.4, 0.5) is 4.39 Å². The van der Waals surface area contributed by atoms with Crippen LogP contribution < -0.4 is 5.32 Å². The highest BCUT2D eigenvalue weighted by atomic mass is 32.2. The second kappa shape index (κ2) is 7.09. The van der Waals surface area contributed by atoms with Crippen LogP contribution in [0, 0.1) is 12.7 Å². The Kier molecular flexibility index (Phi) is 5.18. The first-order valence-corrected chi connectivity index (χ1v) is 11.5. The number of aryl methyl sites for hydroxylation is 1. The average Bonchev–Trinajstić information content (AvgIpc) is 2.90. The molecular formula is C18H20FNO4S2. The Morgan fingerprint density at radius 1 is 1.08 bits per heavy atom. The molecule has 0 radical (unpaired) electrons. The fourth-order valence-electron chi connectivity index (χ4n) is 3.16. The SMILES string of the molecule is Cc1ccccc1CN[C@H]1CS(=O)(=O)C[C@@H]1S(=O)(=O)c1ccc(F)cc1. The van der Waals surface area contributed by atoms with Gasteiger partial charge in [-0.15, -0.1) is 0 Å². The Balaban J connectivity index is 1.86. The van der Waals surface area contributed by atoms with Gasteiger partial charge in [0.05, 0.1) is 21.7 Å². The molecule has 0 aromatic heterocycles. The van der Waals surface area contributed by atoms with Crippen LogP contribution in [0.3, 0.4) is 0 Å². The van der Waals surface area contributed by atoms with Gasteiger partial charge < -0.3 is 5.32 Å². The summed E-state index contributed by atoms with van der Waals surface area (Å²) < 4.78 is 63.1. The number of benzene rings is 2. The molecule has 5 nitrogen and oxygen atoms in total. The third-order valence-corrected chi connectivity index (χ3v) is 8.82. The second-order valence-corrected chi connectivity index (χ2v) is 10.8. The van der Waals surface area contributed by atoms with Crippen molar-refractivity contribution in [1.29, 1.82) is 0 Å². The van der Waals surface area contributed by atoms with E-state index in [2.05, 4.69) is 5.32 Å². The maximum atomic E-state index is 13.1. The Morgan fingerprint density at radius 3 is 2.38 bits per heavy atom. The van der Waals surface area contributed by atoms with Crippen molar-refractivity contribution in [2.75, 3.05) is 11.5 Å². The van der Waals surface area contributed by atoms with Gasteiger partial charge in [0.2, 0.25) is 0 Å². The molecule has 0 amide bonds. The van der Waals surface area contributed by atoms with Crippen LogP contribution in [0.1, 0.15) is 11.1 Å². The first-order valence-electron chi connectivity index (χ1n) is 8.17. The van der Waals surface area contributed by atoms with E-state index in [1.807, 2.05) is 31.2 Å². The van der Waals surface area contributed by atoms with E-state index in [9.17, 15) is 21.2 Å². The van der Waals surface area contributed by atoms with Crippen LogP contribution in [0.25, 0.3) is 0 Å². The van der Waals surface area contributed by atoms with Crippen LogP contribution in [-0.4, -0.2) is 39.6 Å². The van der Waals surface area contributed by atoms with E-state index in [1.165, 1.54) is 12.1 Å². The predicted octanol–water partition coefficient (Wildman–Crippen LogP) is 1.86. The standard InChI is InChI=1S/C18H20FNO4S2/c1-13-4-2-3-5-14(13)10-20-17-11-25(21,22)12-18(17)26(23,24)16-8-6-15(19)7-9-16/h2-9,17-18,20H,10-12H2,1H3/t17-,18-/m0/s1. The summed E-state index contributed by atoms with van der Waals surface area (Å²) >= 11 is 0. The molecule has 0 bridgehead atoms. The Bertz CT molecular complexity index is 1000. The summed E-state index contributed by atoms with van der Waals surface area (Å²) in [5.41, 5.74) is 2.02. The lowest BCUT2D eigenvalue weighted by atomic mass is 10.1. The summed E-state index contributed by atoms with van der Waals surface area (Å²) in [5, 5.41) is 2.00. The smallest absolute Gasteiger partial charge is 0.183 e. The van der Waals surface area contributed by atoms with Crippen molar-refractivity contribution >= 4 is 19.7 Å². The van der Waals surface area contributed by atoms with Gasteiger partial charge >= 0.3 is 0 Å². The van der Waals surface area contributed by atoms with E-state index in [0.717, 1.165) is 23.3 Å². The highest BCUT2D eigenvalue weighted by molar-refractivity contribution is 7.96. The quantitative estimate of drug-likeness (QED) is 0.779. The zero-order valence-electron chi connectivity index (χ0n) is 14.2. The van der Waals surface area contributed by atoms with Gasteiger partial charge in [-0.05, 0) is 42.3 Å². The van der Waals surface area contributed by atoms with Gasteiger partial charge in [0.1, 0.15) is 5.82 Å². The summed E-state index contributed by atoms with van der Waals surface area (Å²) in [4.78, 5) is -0.0660. The van der Waals surface area contributed by atoms with Crippen molar-refractivity contribution in [1.82, 2.24) is 5.32 Å². The van der Waals surface area contributed by atoms with E-state index in [1.54, 1.807) is 0 Å². The molecule has 1 aliphatic rings. The molecule has 0 saturated carbocycles. The molecule has 1 heterocycles. The van der Waals surface area contributed by atoms with Gasteiger partial charge in [-0.25, -0.2) is 21.2 Å². The third-order valence-electron chi connectivity index (χ3n) is 4.66. The van der Waals surface area contributed by atoms with Crippen molar-refractivity contribution < 1.29 is 21.2 Å². The molecule has 0 aliphatic carbocycles. The molecular weight excluding hydrogens is 377 g/mol. The molecule has 1 N–H and O–H groups in total. The van der Waals surface area contributed by atoms with Gasteiger partial charge in [0, 0.05) is 12.6 Å². The van der Waals surface area contributed by atoms with E-state index in [4.69, 9.17) is 0 Å². The van der Waals surface area contributed by atoms with E-state index in [0.29, 0.717) is 6.54 Å². The van der Waals surface area contributed by atoms with Crippen LogP contribution in [-0.2, 0) is 26.2 Å². The molecule has 8 heteroatoms. The molecule has 3 rings (SSSR count). The number of hydrogen-bond acceptors (Lipinski definition) is 5. The minimum absolute atomic E-state index is 0.0660. The van der Waals surface area contributed by atoms with E-state index >= 15 is 0 Å². The number of nitrogens with one attached hydrogen (secondary N) is 1. The zero-order chi connectivity index (χ0) is 18.9. The van der Waals surface area contributed by atoms with E-state index in [-0.39, 0.29) is 10.6 Å². The average molecular weight is 397 g/mol. The first kappa shape index (κ1) is 19.0. The molecule has 26 heavy (non-hydrogen) atoms. The third kappa shape index (κ3) is 3.97. The maximum Gasteiger partial charge on any atom is 0.183 e. The maximum absolute atomic E-state index is 13.1. The Morgan fingerprint density at radius 2 is 1.73 bits per heavy atom. The Hall–Kier alpha value is -1.77. The number of halogens is 1. The van der Waals surface area contributed by atoms with E-state index < -0.39 is 42.5 Å². The molecule has 0 unspecified atom stereocenters. The normalized spacial score (nSPS) is 22.4. The number of sulfone groups is 2. The molecule has 2 aromatic rings. The van der Waals surface area contributed by atoms with Crippen LogP contribution >= 0.6 is 0 Å². The number of rotatable bonds is 5. The topological polar surface area (TPSA) is 80.3 Å². The summed E-state index contributed by atoms with van der Waals surface area (Å²) in [6.07, 6.45) is 0. The van der Waals surface area contributed by atoms with Crippen molar-refractivity contribution in [2.24, 2.45) is 0 Å². The Labute approximate surface area is 153 Å². The van der Waals surface area contributed by atoms with Crippen LogP contribution in [0.5, 0.6) is 0 Å². The lowest BCUT2D eigenvalue weighted by molar-refractivity contribution is 0.525. The van der Waals surface area contributed by atoms with Gasteiger partial charge in [-0.2, -0.15) is 0 Å². The monoisotopic (exact) mass is 397 g/mol. The van der Waals surface area contributed by atoms with Gasteiger partial charge in [0.25, 0.3) is 0 Å². The fraction of sp³-hybridized carbons (Fsp3) is 0.333. The molecule has 0 spiro atoms. The zero-order valence-corrected chi connectivity index (χ0v) is 15.9. The van der Waals surface area contributed by atoms with Crippen LogP contribution in [0.2, 0.25) is 0 Å². The highest BCUT2D eigenvalue weighted by Crippen LogP contribution is 2.26. The molecule has 2 aromatic carbocycles. The minimum Gasteiger partial charge on any atom is -0.308 e. The van der Waals surface area contributed by atoms with Gasteiger partial charge in [0.15, 0.2) is 19.7 Å². The van der Waals surface area contributed by atoms with Gasteiger partial charge in [-0.1, -0.05) is 24.3 Å². The minimum atomic E-state index is -3.90. The summed E-state index contributed by atoms with van der Waals surface area (Å²) in [6, 6.07) is 11.4. The summed E-state index contributed by atoms with van der Waals surface area (Å²) in [5.74, 6) is -1.21. The lowest BCUT2D eigenvalue weighted by Gasteiger charge is -2.20. The van der Waals surface area contributed by atoms with Crippen molar-refractivity contribution in [3.63, 3.8) is 0 Å². The van der Waals surface area contributed by atoms with Crippen molar-refractivity contribution in [2.45, 2.75) is 29.7 Å². The predicted molar refractivity (Wildman–Crippen MR) is 97.8 cm³/mol. The summed E-state index contributed by atoms with van der Waals surface area (Å²) in [6.45, 7) is 2.32. The fourth-order valence-corrected chi connectivity index (χ4v) is 7.88. The van der Waals surface area contributed by atoms with Gasteiger partial charge in [-0.3, -0.25) is 0 Å². The molecule has 1 saturated heterocycles. The lowest BCUT2D eigenvalue weighted by Crippen LogP contribution is -2.43. The molecule has 2 atom stereocenters. The van der Waals surface area contributed by atoms with Crippen molar-refractivity contribution in [3.8, 4) is 0 Å². The number of hydrogen-bond donors (Lipinski definition) is 1. The molecule has 1 aliphatic heterocycles. The van der Waals surface area contributed by atoms with Crippen molar-refractivity contribution in [3.05, 3.63) is 65.5 Å². The summed E-state index contributed by atoms with van der Waals surface area (Å²) in [7, 11) is -7.37. The highest BCUT2D eigenvalue weighted by Gasteiger charge is 2.45. The molecule has 1 fully saturated rings. The molecule has 140 valence electrons. The second-order valence-electron chi connectivity index (χ2n) is 6.53. The van der Waals surface area contributed by atoms with Crippen LogP contribution in [0.15, 0.2) is 53.4 Å². The largest absolute Gasteiger partial charge is 0.308 e.